The number of amides is 1. The van der Waals surface area contributed by atoms with Crippen LogP contribution in [0.1, 0.15) is 22.3 Å². The molecular formula is C15H24N2O2. The average Bonchev–Trinajstić information content (AvgIpc) is 2.36. The van der Waals surface area contributed by atoms with Gasteiger partial charge in [-0.15, -0.1) is 0 Å². The van der Waals surface area contributed by atoms with Crippen molar-refractivity contribution in [1.29, 1.82) is 0 Å². The summed E-state index contributed by atoms with van der Waals surface area (Å²) in [6.07, 6.45) is 0. The smallest absolute Gasteiger partial charge is 0.236 e. The molecule has 0 aromatic heterocycles. The first-order valence-electron chi connectivity index (χ1n) is 6.44. The van der Waals surface area contributed by atoms with Crippen molar-refractivity contribution < 1.29 is 9.53 Å². The lowest BCUT2D eigenvalue weighted by atomic mass is 9.98. The topological polar surface area (TPSA) is 41.6 Å². The lowest BCUT2D eigenvalue weighted by molar-refractivity contribution is -0.129. The highest BCUT2D eigenvalue weighted by atomic mass is 16.5. The number of methoxy groups -OCH3 is 1. The fourth-order valence-electron chi connectivity index (χ4n) is 2.25. The number of nitrogens with one attached hydrogen (secondary N) is 1. The highest BCUT2D eigenvalue weighted by Crippen LogP contribution is 2.29. The van der Waals surface area contributed by atoms with Crippen molar-refractivity contribution >= 4 is 5.91 Å². The van der Waals surface area contributed by atoms with E-state index in [1.54, 1.807) is 19.1 Å². The van der Waals surface area contributed by atoms with Gasteiger partial charge in [0.25, 0.3) is 0 Å². The van der Waals surface area contributed by atoms with E-state index in [1.165, 1.54) is 11.1 Å². The molecule has 1 aromatic rings. The summed E-state index contributed by atoms with van der Waals surface area (Å²) in [5.74, 6) is 1.03. The zero-order chi connectivity index (χ0) is 14.6. The van der Waals surface area contributed by atoms with Crippen molar-refractivity contribution in [3.63, 3.8) is 0 Å². The number of hydrogen-bond acceptors (Lipinski definition) is 3. The fraction of sp³-hybridized carbons (Fsp3) is 0.533. The minimum Gasteiger partial charge on any atom is -0.496 e. The van der Waals surface area contributed by atoms with Gasteiger partial charge in [0.15, 0.2) is 0 Å². The lowest BCUT2D eigenvalue weighted by Crippen LogP contribution is -2.33. The zero-order valence-electron chi connectivity index (χ0n) is 12.8. The van der Waals surface area contributed by atoms with Gasteiger partial charge in [-0.25, -0.2) is 0 Å². The number of nitrogens with zero attached hydrogens (tertiary/aromatic N) is 1. The van der Waals surface area contributed by atoms with Gasteiger partial charge < -0.3 is 15.0 Å². The summed E-state index contributed by atoms with van der Waals surface area (Å²) in [4.78, 5) is 13.5. The van der Waals surface area contributed by atoms with E-state index in [0.717, 1.165) is 16.9 Å². The summed E-state index contributed by atoms with van der Waals surface area (Å²) in [5.41, 5.74) is 4.61. The summed E-state index contributed by atoms with van der Waals surface area (Å²) in [7, 11) is 5.30. The standard InChI is InChI=1S/C15H24N2O2/c1-10-7-13(9-17(5)14(18)8-16-4)11(2)12(3)15(10)19-6/h7,16H,8-9H2,1-6H3. The fourth-order valence-corrected chi connectivity index (χ4v) is 2.25. The third-order valence-electron chi connectivity index (χ3n) is 3.50. The van der Waals surface area contributed by atoms with Crippen LogP contribution in [0.5, 0.6) is 5.75 Å². The van der Waals surface area contributed by atoms with Crippen molar-refractivity contribution in [2.75, 3.05) is 27.7 Å². The predicted molar refractivity (Wildman–Crippen MR) is 77.6 cm³/mol. The molecule has 1 rings (SSSR count). The van der Waals surface area contributed by atoms with E-state index < -0.39 is 0 Å². The van der Waals surface area contributed by atoms with E-state index >= 15 is 0 Å². The van der Waals surface area contributed by atoms with Crippen LogP contribution >= 0.6 is 0 Å². The Morgan fingerprint density at radius 2 is 1.95 bits per heavy atom. The maximum absolute atomic E-state index is 11.8. The first-order valence-corrected chi connectivity index (χ1v) is 6.44. The van der Waals surface area contributed by atoms with E-state index in [0.29, 0.717) is 13.1 Å². The van der Waals surface area contributed by atoms with Gasteiger partial charge in [-0.1, -0.05) is 6.07 Å². The zero-order valence-corrected chi connectivity index (χ0v) is 12.8. The molecule has 0 aliphatic rings. The van der Waals surface area contributed by atoms with Crippen LogP contribution in [0, 0.1) is 20.8 Å². The third-order valence-corrected chi connectivity index (χ3v) is 3.50. The summed E-state index contributed by atoms with van der Waals surface area (Å²) >= 11 is 0. The Labute approximate surface area is 115 Å². The van der Waals surface area contributed by atoms with Crippen LogP contribution in [0.4, 0.5) is 0 Å². The molecule has 1 N–H and O–H groups in total. The molecule has 0 unspecified atom stereocenters. The number of hydrogen-bond donors (Lipinski definition) is 1. The van der Waals surface area contributed by atoms with Crippen molar-refractivity contribution in [3.05, 3.63) is 28.3 Å². The quantitative estimate of drug-likeness (QED) is 0.881. The van der Waals surface area contributed by atoms with Gasteiger partial charge in [0.05, 0.1) is 13.7 Å². The Morgan fingerprint density at radius 1 is 1.32 bits per heavy atom. The van der Waals surface area contributed by atoms with Crippen LogP contribution in [0.25, 0.3) is 0 Å². The maximum Gasteiger partial charge on any atom is 0.236 e. The molecule has 0 spiro atoms. The molecule has 106 valence electrons. The molecule has 0 aliphatic carbocycles. The Balaban J connectivity index is 3.00. The van der Waals surface area contributed by atoms with Crippen LogP contribution < -0.4 is 10.1 Å². The highest BCUT2D eigenvalue weighted by molar-refractivity contribution is 5.78. The lowest BCUT2D eigenvalue weighted by Gasteiger charge is -2.21. The maximum atomic E-state index is 11.8. The minimum absolute atomic E-state index is 0.0908. The molecule has 1 aromatic carbocycles. The molecular weight excluding hydrogens is 240 g/mol. The molecule has 1 amide bonds. The molecule has 0 fully saturated rings. The summed E-state index contributed by atoms with van der Waals surface area (Å²) < 4.78 is 5.41. The van der Waals surface area contributed by atoms with Crippen molar-refractivity contribution in [1.82, 2.24) is 10.2 Å². The average molecular weight is 264 g/mol. The Morgan fingerprint density at radius 3 is 2.47 bits per heavy atom. The molecule has 0 saturated carbocycles. The number of likely N-dealkylation sites (N-methyl/N-ethyl adjacent to an activating group) is 2. The summed E-state index contributed by atoms with van der Waals surface area (Å²) in [6.45, 7) is 7.15. The summed E-state index contributed by atoms with van der Waals surface area (Å²) in [5, 5.41) is 2.88. The van der Waals surface area contributed by atoms with Gasteiger partial charge in [-0.05, 0) is 50.1 Å². The second-order valence-electron chi connectivity index (χ2n) is 4.92. The van der Waals surface area contributed by atoms with Crippen LogP contribution in [0.15, 0.2) is 6.07 Å². The number of rotatable bonds is 5. The van der Waals surface area contributed by atoms with E-state index in [1.807, 2.05) is 14.0 Å². The predicted octanol–water partition coefficient (Wildman–Crippen LogP) is 1.80. The minimum atomic E-state index is 0.0908. The van der Waals surface area contributed by atoms with E-state index in [4.69, 9.17) is 4.74 Å². The Kier molecular flexibility index (Phi) is 5.36. The molecule has 0 heterocycles. The Hall–Kier alpha value is -1.55. The van der Waals surface area contributed by atoms with Gasteiger partial charge in [-0.3, -0.25) is 4.79 Å². The number of ether oxygens (including phenoxy) is 1. The van der Waals surface area contributed by atoms with Crippen LogP contribution in [0.2, 0.25) is 0 Å². The van der Waals surface area contributed by atoms with Crippen LogP contribution in [-0.2, 0) is 11.3 Å². The molecule has 0 bridgehead atoms. The van der Waals surface area contributed by atoms with Gasteiger partial charge in [0, 0.05) is 13.6 Å². The number of benzene rings is 1. The second-order valence-corrected chi connectivity index (χ2v) is 4.92. The number of carbonyl (C=O) groups is 1. The van der Waals surface area contributed by atoms with Crippen molar-refractivity contribution in [2.45, 2.75) is 27.3 Å². The van der Waals surface area contributed by atoms with E-state index in [2.05, 4.69) is 25.2 Å². The molecule has 19 heavy (non-hydrogen) atoms. The Bertz CT molecular complexity index is 470. The van der Waals surface area contributed by atoms with Gasteiger partial charge in [0.1, 0.15) is 5.75 Å². The summed E-state index contributed by atoms with van der Waals surface area (Å²) in [6, 6.07) is 2.10. The van der Waals surface area contributed by atoms with Gasteiger partial charge in [-0.2, -0.15) is 0 Å². The monoisotopic (exact) mass is 264 g/mol. The largest absolute Gasteiger partial charge is 0.496 e. The normalized spacial score (nSPS) is 10.4. The molecule has 4 heteroatoms. The van der Waals surface area contributed by atoms with E-state index in [-0.39, 0.29) is 5.91 Å². The highest BCUT2D eigenvalue weighted by Gasteiger charge is 2.14. The van der Waals surface area contributed by atoms with Crippen molar-refractivity contribution in [3.8, 4) is 5.75 Å². The van der Waals surface area contributed by atoms with Crippen LogP contribution in [-0.4, -0.2) is 38.6 Å². The second kappa shape index (κ2) is 6.57. The molecule has 0 saturated heterocycles. The molecule has 4 nitrogen and oxygen atoms in total. The third kappa shape index (κ3) is 3.47. The first-order chi connectivity index (χ1) is 8.92. The van der Waals surface area contributed by atoms with E-state index in [9.17, 15) is 4.79 Å². The first kappa shape index (κ1) is 15.5. The molecule has 0 aliphatic heterocycles. The SMILES string of the molecule is CNCC(=O)N(C)Cc1cc(C)c(OC)c(C)c1C. The molecule has 0 radical (unpaired) electrons. The van der Waals surface area contributed by atoms with Crippen molar-refractivity contribution in [2.24, 2.45) is 0 Å². The van der Waals surface area contributed by atoms with Crippen LogP contribution in [0.3, 0.4) is 0 Å². The van der Waals surface area contributed by atoms with Gasteiger partial charge >= 0.3 is 0 Å². The number of carbonyl (C=O) groups excluding carboxylic acids is 1. The number of aryl methyl sites for hydroxylation is 1. The molecule has 0 atom stereocenters. The van der Waals surface area contributed by atoms with Gasteiger partial charge in [0.2, 0.25) is 5.91 Å².